The van der Waals surface area contributed by atoms with Crippen molar-refractivity contribution >= 4 is 5.42 Å². The standard InChI is InChI=1S/CH2.Cu.2H2O/h1H2;;2*1H2. The Kier molecular flexibility index (Phi) is 1270. The first-order chi connectivity index (χ1) is 1.00. The zero-order chi connectivity index (χ0) is 2.00. The van der Waals surface area contributed by atoms with E-state index in [1.54, 1.807) is 0 Å². The van der Waals surface area contributed by atoms with Gasteiger partial charge in [0.05, 0.1) is 0 Å². The predicted octanol–water partition coefficient (Wildman–Crippen LogP) is -1.68. The first-order valence-electron chi connectivity index (χ1n) is 0.213. The summed E-state index contributed by atoms with van der Waals surface area (Å²) < 4.78 is 0. The van der Waals surface area contributed by atoms with Crippen LogP contribution in [0.25, 0.3) is 0 Å². The van der Waals surface area contributed by atoms with Gasteiger partial charge >= 0.3 is 21.0 Å². The van der Waals surface area contributed by atoms with Crippen LogP contribution in [0.2, 0.25) is 0 Å². The monoisotopic (exact) mass is 113 g/mol. The van der Waals surface area contributed by atoms with Crippen molar-refractivity contribution in [2.75, 3.05) is 0 Å². The van der Waals surface area contributed by atoms with Crippen molar-refractivity contribution < 1.29 is 26.5 Å². The van der Waals surface area contributed by atoms with Gasteiger partial charge in [-0.25, -0.2) is 0 Å². The van der Waals surface area contributed by atoms with Crippen molar-refractivity contribution in [3.05, 3.63) is 0 Å². The molecule has 0 heterocycles. The van der Waals surface area contributed by atoms with Gasteiger partial charge in [-0.1, -0.05) is 0 Å². The number of rotatable bonds is 0. The quantitative estimate of drug-likeness (QED) is 0.337. The van der Waals surface area contributed by atoms with E-state index in [4.69, 9.17) is 0 Å². The molecule has 0 amide bonds. The van der Waals surface area contributed by atoms with Crippen LogP contribution in [-0.2, 0) is 15.6 Å². The molecule has 4 N–H and O–H groups in total. The average molecular weight is 114 g/mol. The fraction of sp³-hybridized carbons (Fsp3) is 0. The molecule has 0 aliphatic carbocycles. The second-order valence-electron chi connectivity index (χ2n) is 0. The Balaban J connectivity index is -0.00000000500. The van der Waals surface area contributed by atoms with Crippen molar-refractivity contribution in [3.63, 3.8) is 0 Å². The zero-order valence-electron chi connectivity index (χ0n) is 2.01. The van der Waals surface area contributed by atoms with E-state index in [1.165, 1.54) is 0 Å². The van der Waals surface area contributed by atoms with E-state index in [-0.39, 0.29) is 11.0 Å². The molecule has 0 saturated heterocycles. The van der Waals surface area contributed by atoms with Crippen molar-refractivity contribution in [1.82, 2.24) is 0 Å². The summed E-state index contributed by atoms with van der Waals surface area (Å²) in [4.78, 5) is 0. The minimum absolute atomic E-state index is 0. The van der Waals surface area contributed by atoms with E-state index < -0.39 is 0 Å². The topological polar surface area (TPSA) is 63.0 Å². The van der Waals surface area contributed by atoms with Crippen molar-refractivity contribution in [2.24, 2.45) is 0 Å². The molecule has 0 aliphatic rings. The Morgan fingerprint density at radius 2 is 1.00 bits per heavy atom. The van der Waals surface area contributed by atoms with Crippen LogP contribution in [0.5, 0.6) is 0 Å². The summed E-state index contributed by atoms with van der Waals surface area (Å²) >= 11 is 3.94. The second-order valence-corrected chi connectivity index (χ2v) is 0. The summed E-state index contributed by atoms with van der Waals surface area (Å²) in [6.07, 6.45) is 0. The summed E-state index contributed by atoms with van der Waals surface area (Å²) in [6, 6.07) is 0. The maximum absolute atomic E-state index is 3.94. The molecule has 0 aromatic heterocycles. The molecule has 2 nitrogen and oxygen atoms in total. The maximum atomic E-state index is 3.94. The van der Waals surface area contributed by atoms with E-state index >= 15 is 0 Å². The van der Waals surface area contributed by atoms with Gasteiger partial charge in [0.1, 0.15) is 0 Å². The molecule has 0 saturated carbocycles. The first kappa shape index (κ1) is 27.5. The zero-order valence-corrected chi connectivity index (χ0v) is 2.95. The van der Waals surface area contributed by atoms with Gasteiger partial charge in [0.15, 0.2) is 0 Å². The third-order valence-electron chi connectivity index (χ3n) is 0. The molecular weight excluding hydrogens is 108 g/mol. The molecule has 0 aromatic carbocycles. The molecular formula is CH6CuO2. The van der Waals surface area contributed by atoms with Gasteiger partial charge in [0.2, 0.25) is 0 Å². The summed E-state index contributed by atoms with van der Waals surface area (Å²) in [6.45, 7) is 0. The van der Waals surface area contributed by atoms with Crippen LogP contribution in [0.1, 0.15) is 0 Å². The molecule has 0 spiro atoms. The van der Waals surface area contributed by atoms with E-state index in [1.807, 2.05) is 0 Å². The van der Waals surface area contributed by atoms with Crippen LogP contribution in [0.4, 0.5) is 0 Å². The molecule has 0 aromatic rings. The van der Waals surface area contributed by atoms with E-state index in [0.29, 0.717) is 0 Å². The molecule has 0 unspecified atom stereocenters. The fourth-order valence-corrected chi connectivity index (χ4v) is 0. The SMILES string of the molecule is O.O.[CH2]=[Cu]. The molecule has 0 radical (unpaired) electrons. The van der Waals surface area contributed by atoms with E-state index in [2.05, 4.69) is 21.0 Å². The Morgan fingerprint density at radius 1 is 1.00 bits per heavy atom. The van der Waals surface area contributed by atoms with Crippen LogP contribution < -0.4 is 0 Å². The van der Waals surface area contributed by atoms with Crippen LogP contribution in [0.15, 0.2) is 0 Å². The van der Waals surface area contributed by atoms with Gasteiger partial charge in [0, 0.05) is 0 Å². The van der Waals surface area contributed by atoms with Gasteiger partial charge in [-0.05, 0) is 0 Å². The Labute approximate surface area is 32.8 Å². The Hall–Kier alpha value is 0.309. The van der Waals surface area contributed by atoms with Crippen LogP contribution >= 0.6 is 0 Å². The first-order valence-corrected chi connectivity index (χ1v) is 0.879. The molecule has 33 valence electrons. The average Bonchev–Trinajstić information content (AvgIpc) is 1.00. The molecule has 4 heavy (non-hydrogen) atoms. The van der Waals surface area contributed by atoms with E-state index in [9.17, 15) is 0 Å². The third-order valence-corrected chi connectivity index (χ3v) is 0. The third kappa shape index (κ3) is 41.3. The van der Waals surface area contributed by atoms with Gasteiger partial charge in [0.25, 0.3) is 0 Å². The van der Waals surface area contributed by atoms with Gasteiger partial charge in [-0.15, -0.1) is 0 Å². The molecule has 3 heteroatoms. The molecule has 0 bridgehead atoms. The Bertz CT molecular complexity index is 6.00. The van der Waals surface area contributed by atoms with Crippen LogP contribution in [-0.4, -0.2) is 16.4 Å². The van der Waals surface area contributed by atoms with Crippen molar-refractivity contribution in [3.8, 4) is 0 Å². The van der Waals surface area contributed by atoms with Gasteiger partial charge < -0.3 is 11.0 Å². The molecule has 0 aliphatic heterocycles. The number of hydrogen-bond acceptors (Lipinski definition) is 0. The Morgan fingerprint density at radius 3 is 1.00 bits per heavy atom. The summed E-state index contributed by atoms with van der Waals surface area (Å²) in [7, 11) is 0. The van der Waals surface area contributed by atoms with Crippen LogP contribution in [0.3, 0.4) is 0 Å². The van der Waals surface area contributed by atoms with Crippen LogP contribution in [0, 0.1) is 0 Å². The van der Waals surface area contributed by atoms with Crippen molar-refractivity contribution in [2.45, 2.75) is 0 Å². The summed E-state index contributed by atoms with van der Waals surface area (Å²) in [5.74, 6) is 0. The second kappa shape index (κ2) is 184. The number of hydrogen-bond donors (Lipinski definition) is 0. The molecule has 0 fully saturated rings. The summed E-state index contributed by atoms with van der Waals surface area (Å²) in [5.41, 5.74) is 2.81. The fourth-order valence-electron chi connectivity index (χ4n) is 0. The van der Waals surface area contributed by atoms with Gasteiger partial charge in [-0.3, -0.25) is 0 Å². The minimum atomic E-state index is 0. The molecule has 0 atom stereocenters. The predicted molar refractivity (Wildman–Crippen MR) is 14.3 cm³/mol. The van der Waals surface area contributed by atoms with E-state index in [0.717, 1.165) is 0 Å². The summed E-state index contributed by atoms with van der Waals surface area (Å²) in [5, 5.41) is 0. The normalized spacial score (nSPS) is 1.50. The van der Waals surface area contributed by atoms with Gasteiger partial charge in [-0.2, -0.15) is 0 Å². The van der Waals surface area contributed by atoms with Crippen molar-refractivity contribution in [1.29, 1.82) is 0 Å². The molecule has 0 rings (SSSR count).